The zero-order chi connectivity index (χ0) is 20.7. The number of benzene rings is 2. The number of nitrogens with one attached hydrogen (secondary N) is 1. The molecule has 0 aliphatic heterocycles. The van der Waals surface area contributed by atoms with Crippen molar-refractivity contribution in [2.75, 3.05) is 12.4 Å². The smallest absolute Gasteiger partial charge is 0.319 e. The van der Waals surface area contributed by atoms with Crippen LogP contribution < -0.4 is 10.1 Å². The SMILES string of the molecule is COc1ccccc1NC(=O)C(C)OC(=O)C(C)Sc1ccc([N+](=O)[O-])cc1. The van der Waals surface area contributed by atoms with Gasteiger partial charge in [0, 0.05) is 17.0 Å². The van der Waals surface area contributed by atoms with Gasteiger partial charge in [-0.15, -0.1) is 11.8 Å². The topological polar surface area (TPSA) is 108 Å². The summed E-state index contributed by atoms with van der Waals surface area (Å²) in [6, 6.07) is 12.8. The molecule has 8 nitrogen and oxygen atoms in total. The maximum absolute atomic E-state index is 12.3. The first-order valence-corrected chi connectivity index (χ1v) is 9.25. The normalized spacial score (nSPS) is 12.5. The number of nitrogens with zero attached hydrogens (tertiary/aromatic N) is 1. The molecular weight excluding hydrogens is 384 g/mol. The first-order valence-electron chi connectivity index (χ1n) is 8.37. The lowest BCUT2D eigenvalue weighted by Crippen LogP contribution is -2.32. The van der Waals surface area contributed by atoms with Crippen molar-refractivity contribution in [1.82, 2.24) is 0 Å². The zero-order valence-electron chi connectivity index (χ0n) is 15.6. The van der Waals surface area contributed by atoms with Gasteiger partial charge in [-0.25, -0.2) is 0 Å². The molecule has 0 aliphatic carbocycles. The van der Waals surface area contributed by atoms with Gasteiger partial charge in [-0.2, -0.15) is 0 Å². The van der Waals surface area contributed by atoms with Crippen LogP contribution in [-0.2, 0) is 14.3 Å². The molecule has 0 aliphatic rings. The van der Waals surface area contributed by atoms with Gasteiger partial charge < -0.3 is 14.8 Å². The minimum absolute atomic E-state index is 0.0267. The Kier molecular flexibility index (Phi) is 7.39. The average Bonchev–Trinajstić information content (AvgIpc) is 2.68. The fourth-order valence-corrected chi connectivity index (χ4v) is 3.06. The van der Waals surface area contributed by atoms with Gasteiger partial charge >= 0.3 is 5.97 Å². The van der Waals surface area contributed by atoms with E-state index in [0.717, 1.165) is 0 Å². The zero-order valence-corrected chi connectivity index (χ0v) is 16.4. The second-order valence-corrected chi connectivity index (χ2v) is 7.19. The highest BCUT2D eigenvalue weighted by Crippen LogP contribution is 2.27. The second kappa shape index (κ2) is 9.75. The molecule has 0 saturated heterocycles. The maximum Gasteiger partial charge on any atom is 0.319 e. The number of nitro benzene ring substituents is 1. The number of esters is 1. The molecule has 2 aromatic carbocycles. The number of carbonyl (C=O) groups is 2. The summed E-state index contributed by atoms with van der Waals surface area (Å²) in [6.07, 6.45) is -1.00. The summed E-state index contributed by atoms with van der Waals surface area (Å²) in [7, 11) is 1.49. The third kappa shape index (κ3) is 5.71. The Morgan fingerprint density at radius 2 is 1.75 bits per heavy atom. The van der Waals surface area contributed by atoms with Gasteiger partial charge in [-0.1, -0.05) is 12.1 Å². The fourth-order valence-electron chi connectivity index (χ4n) is 2.20. The molecule has 0 fully saturated rings. The number of carbonyl (C=O) groups excluding carboxylic acids is 2. The average molecular weight is 404 g/mol. The Labute approximate surface area is 166 Å². The predicted molar refractivity (Wildman–Crippen MR) is 106 cm³/mol. The third-order valence-corrected chi connectivity index (χ3v) is 4.81. The molecule has 2 aromatic rings. The van der Waals surface area contributed by atoms with Crippen LogP contribution in [0.15, 0.2) is 53.4 Å². The van der Waals surface area contributed by atoms with Gasteiger partial charge in [0.1, 0.15) is 11.0 Å². The Morgan fingerprint density at radius 3 is 2.36 bits per heavy atom. The molecule has 0 heterocycles. The lowest BCUT2D eigenvalue weighted by atomic mass is 10.2. The summed E-state index contributed by atoms with van der Waals surface area (Å²) in [5.74, 6) is -0.548. The van der Waals surface area contributed by atoms with Crippen molar-refractivity contribution in [2.24, 2.45) is 0 Å². The van der Waals surface area contributed by atoms with Crippen molar-refractivity contribution < 1.29 is 24.0 Å². The van der Waals surface area contributed by atoms with Crippen molar-refractivity contribution in [3.63, 3.8) is 0 Å². The first-order chi connectivity index (χ1) is 13.3. The fraction of sp³-hybridized carbons (Fsp3) is 0.263. The van der Waals surface area contributed by atoms with Crippen molar-refractivity contribution >= 4 is 35.0 Å². The molecule has 2 unspecified atom stereocenters. The van der Waals surface area contributed by atoms with Crippen LogP contribution >= 0.6 is 11.8 Å². The highest BCUT2D eigenvalue weighted by Gasteiger charge is 2.23. The highest BCUT2D eigenvalue weighted by molar-refractivity contribution is 8.00. The van der Waals surface area contributed by atoms with Gasteiger partial charge in [0.25, 0.3) is 11.6 Å². The molecule has 9 heteroatoms. The number of non-ortho nitro benzene ring substituents is 1. The van der Waals surface area contributed by atoms with E-state index in [2.05, 4.69) is 5.32 Å². The number of thioether (sulfide) groups is 1. The summed E-state index contributed by atoms with van der Waals surface area (Å²) in [6.45, 7) is 3.12. The second-order valence-electron chi connectivity index (χ2n) is 5.78. The summed E-state index contributed by atoms with van der Waals surface area (Å²) in [5.41, 5.74) is 0.451. The van der Waals surface area contributed by atoms with E-state index in [1.54, 1.807) is 43.3 Å². The number of hydrogen-bond acceptors (Lipinski definition) is 7. The van der Waals surface area contributed by atoms with Crippen LogP contribution in [0.5, 0.6) is 5.75 Å². The monoisotopic (exact) mass is 404 g/mol. The van der Waals surface area contributed by atoms with Crippen molar-refractivity contribution in [3.8, 4) is 5.75 Å². The van der Waals surface area contributed by atoms with Crippen LogP contribution in [0.25, 0.3) is 0 Å². The lowest BCUT2D eigenvalue weighted by molar-refractivity contribution is -0.384. The molecule has 0 spiro atoms. The molecule has 1 amide bonds. The van der Waals surface area contributed by atoms with E-state index in [0.29, 0.717) is 16.3 Å². The van der Waals surface area contributed by atoms with Crippen LogP contribution in [0.3, 0.4) is 0 Å². The van der Waals surface area contributed by atoms with E-state index in [4.69, 9.17) is 9.47 Å². The molecule has 2 rings (SSSR count). The van der Waals surface area contributed by atoms with Gasteiger partial charge in [0.05, 0.1) is 17.7 Å². The van der Waals surface area contributed by atoms with Crippen molar-refractivity contribution in [1.29, 1.82) is 0 Å². The Balaban J connectivity index is 1.91. The first kappa shape index (κ1) is 21.2. The molecule has 2 atom stereocenters. The Hall–Kier alpha value is -3.07. The molecule has 0 saturated carbocycles. The van der Waals surface area contributed by atoms with E-state index in [1.807, 2.05) is 0 Å². The molecule has 0 radical (unpaired) electrons. The number of nitro groups is 1. The van der Waals surface area contributed by atoms with Gasteiger partial charge in [0.15, 0.2) is 6.10 Å². The summed E-state index contributed by atoms with van der Waals surface area (Å²) in [5, 5.41) is 12.7. The molecule has 148 valence electrons. The molecule has 28 heavy (non-hydrogen) atoms. The van der Waals surface area contributed by atoms with Gasteiger partial charge in [-0.05, 0) is 38.1 Å². The largest absolute Gasteiger partial charge is 0.495 e. The predicted octanol–water partition coefficient (Wildman–Crippen LogP) is 3.65. The van der Waals surface area contributed by atoms with Crippen molar-refractivity contribution in [2.45, 2.75) is 30.1 Å². The molecule has 0 aromatic heterocycles. The van der Waals surface area contributed by atoms with E-state index in [-0.39, 0.29) is 5.69 Å². The number of hydrogen-bond donors (Lipinski definition) is 1. The van der Waals surface area contributed by atoms with Crippen LogP contribution in [0.2, 0.25) is 0 Å². The van der Waals surface area contributed by atoms with Crippen LogP contribution in [0.4, 0.5) is 11.4 Å². The number of amides is 1. The van der Waals surface area contributed by atoms with Crippen LogP contribution in [0, 0.1) is 10.1 Å². The Morgan fingerprint density at radius 1 is 1.11 bits per heavy atom. The van der Waals surface area contributed by atoms with Crippen LogP contribution in [-0.4, -0.2) is 35.3 Å². The molecule has 0 bridgehead atoms. The van der Waals surface area contributed by atoms with E-state index >= 15 is 0 Å². The third-order valence-electron chi connectivity index (χ3n) is 3.72. The minimum atomic E-state index is -1.00. The number of rotatable bonds is 8. The quantitative estimate of drug-likeness (QED) is 0.310. The Bertz CT molecular complexity index is 856. The number of para-hydroxylation sites is 2. The molecule has 1 N–H and O–H groups in total. The standard InChI is InChI=1S/C19H20N2O6S/c1-12(18(22)20-16-6-4-5-7-17(16)26-3)27-19(23)13(2)28-15-10-8-14(9-11-15)21(24)25/h4-13H,1-3H3,(H,20,22). The minimum Gasteiger partial charge on any atom is -0.495 e. The van der Waals surface area contributed by atoms with E-state index in [1.165, 1.54) is 37.9 Å². The molecular formula is C19H20N2O6S. The summed E-state index contributed by atoms with van der Waals surface area (Å²) in [4.78, 5) is 35.4. The van der Waals surface area contributed by atoms with Crippen LogP contribution in [0.1, 0.15) is 13.8 Å². The highest BCUT2D eigenvalue weighted by atomic mass is 32.2. The number of anilines is 1. The van der Waals surface area contributed by atoms with E-state index < -0.39 is 28.2 Å². The summed E-state index contributed by atoms with van der Waals surface area (Å²) < 4.78 is 10.4. The van der Waals surface area contributed by atoms with Crippen molar-refractivity contribution in [3.05, 3.63) is 58.6 Å². The van der Waals surface area contributed by atoms with Gasteiger partial charge in [0.2, 0.25) is 0 Å². The number of methoxy groups -OCH3 is 1. The number of ether oxygens (including phenoxy) is 2. The lowest BCUT2D eigenvalue weighted by Gasteiger charge is -2.17. The van der Waals surface area contributed by atoms with E-state index in [9.17, 15) is 19.7 Å². The maximum atomic E-state index is 12.3. The van der Waals surface area contributed by atoms with Gasteiger partial charge in [-0.3, -0.25) is 19.7 Å². The summed E-state index contributed by atoms with van der Waals surface area (Å²) >= 11 is 1.19.